The van der Waals surface area contributed by atoms with Crippen LogP contribution in [-0.2, 0) is 12.7 Å². The van der Waals surface area contributed by atoms with E-state index in [4.69, 9.17) is 4.74 Å². The molecule has 0 saturated carbocycles. The van der Waals surface area contributed by atoms with Crippen molar-refractivity contribution in [1.82, 2.24) is 14.5 Å². The van der Waals surface area contributed by atoms with Gasteiger partial charge in [-0.15, -0.1) is 0 Å². The highest BCUT2D eigenvalue weighted by molar-refractivity contribution is 5.80. The Morgan fingerprint density at radius 2 is 1.84 bits per heavy atom. The number of aryl methyl sites for hydroxylation is 1. The number of rotatable bonds is 4. The van der Waals surface area contributed by atoms with Crippen LogP contribution in [0, 0.1) is 6.92 Å². The Bertz CT molecular complexity index is 902. The van der Waals surface area contributed by atoms with E-state index in [1.165, 1.54) is 11.7 Å². The second-order valence-corrected chi connectivity index (χ2v) is 5.49. The molecule has 1 N–H and O–H groups in total. The van der Waals surface area contributed by atoms with Crippen molar-refractivity contribution in [3.8, 4) is 17.0 Å². The van der Waals surface area contributed by atoms with Gasteiger partial charge in [-0.3, -0.25) is 0 Å². The number of aromatic nitrogens is 3. The fourth-order valence-corrected chi connectivity index (χ4v) is 2.69. The first-order valence-electron chi connectivity index (χ1n) is 7.55. The van der Waals surface area contributed by atoms with Crippen LogP contribution in [0.5, 0.6) is 5.75 Å². The van der Waals surface area contributed by atoms with Gasteiger partial charge in [-0.1, -0.05) is 0 Å². The van der Waals surface area contributed by atoms with Crippen molar-refractivity contribution in [2.45, 2.75) is 19.6 Å². The molecule has 0 aliphatic heterocycles. The van der Waals surface area contributed by atoms with Crippen LogP contribution in [0.15, 0.2) is 30.3 Å². The third-order valence-electron chi connectivity index (χ3n) is 3.91. The monoisotopic (exact) mass is 351 g/mol. The van der Waals surface area contributed by atoms with Gasteiger partial charge < -0.3 is 14.4 Å². The van der Waals surface area contributed by atoms with E-state index < -0.39 is 11.7 Å². The van der Waals surface area contributed by atoms with Crippen LogP contribution in [0.3, 0.4) is 0 Å². The van der Waals surface area contributed by atoms with E-state index >= 15 is 0 Å². The number of imidazole rings is 1. The van der Waals surface area contributed by atoms with Gasteiger partial charge in [0.25, 0.3) is 0 Å². The molecule has 2 aromatic heterocycles. The lowest BCUT2D eigenvalue weighted by molar-refractivity contribution is -0.136. The summed E-state index contributed by atoms with van der Waals surface area (Å²) in [5.41, 5.74) is -0.241. The number of hydrogen-bond acceptors (Lipinski definition) is 4. The molecule has 0 aliphatic rings. The van der Waals surface area contributed by atoms with Crippen LogP contribution in [0.25, 0.3) is 22.4 Å². The Balaban J connectivity index is 2.27. The van der Waals surface area contributed by atoms with Crippen molar-refractivity contribution in [3.05, 3.63) is 41.7 Å². The van der Waals surface area contributed by atoms with Gasteiger partial charge in [0.2, 0.25) is 0 Å². The number of fused-ring (bicyclic) bond motifs is 1. The molecule has 0 aliphatic carbocycles. The molecular weight excluding hydrogens is 335 g/mol. The maximum atomic E-state index is 13.5. The third kappa shape index (κ3) is 3.17. The van der Waals surface area contributed by atoms with Crippen LogP contribution in [0.2, 0.25) is 0 Å². The summed E-state index contributed by atoms with van der Waals surface area (Å²) >= 11 is 0. The highest BCUT2D eigenvalue weighted by Crippen LogP contribution is 2.36. The summed E-state index contributed by atoms with van der Waals surface area (Å²) < 4.78 is 47.1. The summed E-state index contributed by atoms with van der Waals surface area (Å²) in [7, 11) is 1.51. The molecule has 3 aromatic rings. The highest BCUT2D eigenvalue weighted by atomic mass is 19.4. The maximum Gasteiger partial charge on any atom is 0.418 e. The minimum absolute atomic E-state index is 0.104. The summed E-state index contributed by atoms with van der Waals surface area (Å²) in [4.78, 5) is 8.37. The summed E-state index contributed by atoms with van der Waals surface area (Å²) in [5.74, 6) is 0.968. The summed E-state index contributed by atoms with van der Waals surface area (Å²) in [6.45, 7) is 1.49. The molecule has 0 bridgehead atoms. The van der Waals surface area contributed by atoms with E-state index in [0.717, 1.165) is 6.07 Å². The molecule has 0 saturated heterocycles. The molecule has 0 unspecified atom stereocenters. The number of benzene rings is 1. The average molecular weight is 351 g/mol. The van der Waals surface area contributed by atoms with Gasteiger partial charge >= 0.3 is 6.18 Å². The van der Waals surface area contributed by atoms with Gasteiger partial charge in [0.05, 0.1) is 25.0 Å². The van der Waals surface area contributed by atoms with E-state index in [0.29, 0.717) is 17.1 Å². The number of pyridine rings is 1. The lowest BCUT2D eigenvalue weighted by Gasteiger charge is -2.11. The zero-order valence-electron chi connectivity index (χ0n) is 13.6. The number of halogens is 3. The van der Waals surface area contributed by atoms with Crippen molar-refractivity contribution in [2.75, 3.05) is 13.7 Å². The fourth-order valence-electron chi connectivity index (χ4n) is 2.69. The Morgan fingerprint density at radius 1 is 1.16 bits per heavy atom. The summed E-state index contributed by atoms with van der Waals surface area (Å²) in [6.07, 6.45) is -4.56. The van der Waals surface area contributed by atoms with E-state index in [1.54, 1.807) is 31.2 Å². The normalized spacial score (nSPS) is 11.9. The number of aliphatic hydroxyl groups excluding tert-OH is 1. The van der Waals surface area contributed by atoms with Gasteiger partial charge in [0.1, 0.15) is 17.1 Å². The molecule has 0 radical (unpaired) electrons. The first kappa shape index (κ1) is 17.2. The van der Waals surface area contributed by atoms with Crippen LogP contribution < -0.4 is 4.74 Å². The van der Waals surface area contributed by atoms with Crippen molar-refractivity contribution < 1.29 is 23.0 Å². The second kappa shape index (κ2) is 6.36. The number of hydrogen-bond donors (Lipinski definition) is 1. The van der Waals surface area contributed by atoms with Crippen molar-refractivity contribution in [2.24, 2.45) is 0 Å². The number of methoxy groups -OCH3 is 1. The summed E-state index contributed by atoms with van der Waals surface area (Å²) in [5, 5.41) is 9.18. The molecule has 0 fully saturated rings. The number of ether oxygens (including phenoxy) is 1. The topological polar surface area (TPSA) is 60.2 Å². The predicted molar refractivity (Wildman–Crippen MR) is 86.3 cm³/mol. The van der Waals surface area contributed by atoms with Crippen molar-refractivity contribution in [3.63, 3.8) is 0 Å². The van der Waals surface area contributed by atoms with E-state index in [-0.39, 0.29) is 30.0 Å². The lowest BCUT2D eigenvalue weighted by atomic mass is 10.1. The zero-order valence-corrected chi connectivity index (χ0v) is 13.6. The van der Waals surface area contributed by atoms with Gasteiger partial charge in [-0.25, -0.2) is 9.97 Å². The molecule has 25 heavy (non-hydrogen) atoms. The van der Waals surface area contributed by atoms with Gasteiger partial charge in [-0.05, 0) is 37.3 Å². The Morgan fingerprint density at radius 3 is 2.40 bits per heavy atom. The molecule has 3 rings (SSSR count). The first-order chi connectivity index (χ1) is 11.8. The lowest BCUT2D eigenvalue weighted by Crippen LogP contribution is -2.09. The van der Waals surface area contributed by atoms with E-state index in [2.05, 4.69) is 9.97 Å². The van der Waals surface area contributed by atoms with Crippen LogP contribution >= 0.6 is 0 Å². The second-order valence-electron chi connectivity index (χ2n) is 5.49. The van der Waals surface area contributed by atoms with Crippen molar-refractivity contribution >= 4 is 11.2 Å². The minimum Gasteiger partial charge on any atom is -0.497 e. The Hall–Kier alpha value is -2.61. The Labute approximate surface area is 141 Å². The van der Waals surface area contributed by atoms with Crippen LogP contribution in [-0.4, -0.2) is 33.4 Å². The molecule has 132 valence electrons. The molecule has 1 aromatic carbocycles. The molecule has 5 nitrogen and oxygen atoms in total. The van der Waals surface area contributed by atoms with Gasteiger partial charge in [-0.2, -0.15) is 13.2 Å². The van der Waals surface area contributed by atoms with E-state index in [1.807, 2.05) is 0 Å². The largest absolute Gasteiger partial charge is 0.497 e. The standard InChI is InChI=1S/C17H16F3N3O2/c1-10-21-15-13(17(18,19)20)9-14(22-16(15)23(10)7-8-24)11-3-5-12(25-2)6-4-11/h3-6,9,24H,7-8H2,1-2H3. The SMILES string of the molecule is COc1ccc(-c2cc(C(F)(F)F)c3nc(C)n(CCO)c3n2)cc1. The number of aliphatic hydroxyl groups is 1. The fraction of sp³-hybridized carbons (Fsp3) is 0.294. The first-order valence-corrected chi connectivity index (χ1v) is 7.55. The quantitative estimate of drug-likeness (QED) is 0.782. The smallest absolute Gasteiger partial charge is 0.418 e. The van der Waals surface area contributed by atoms with Crippen LogP contribution in [0.1, 0.15) is 11.4 Å². The highest BCUT2D eigenvalue weighted by Gasteiger charge is 2.35. The van der Waals surface area contributed by atoms with Crippen molar-refractivity contribution in [1.29, 1.82) is 0 Å². The molecule has 0 atom stereocenters. The van der Waals surface area contributed by atoms with E-state index in [9.17, 15) is 18.3 Å². The zero-order chi connectivity index (χ0) is 18.2. The number of nitrogens with zero attached hydrogens (tertiary/aromatic N) is 3. The maximum absolute atomic E-state index is 13.5. The van der Waals surface area contributed by atoms with Gasteiger partial charge in [0.15, 0.2) is 5.65 Å². The predicted octanol–water partition coefficient (Wildman–Crippen LogP) is 3.43. The minimum atomic E-state index is -4.56. The third-order valence-corrected chi connectivity index (χ3v) is 3.91. The van der Waals surface area contributed by atoms with Crippen LogP contribution in [0.4, 0.5) is 13.2 Å². The summed E-state index contributed by atoms with van der Waals surface area (Å²) in [6, 6.07) is 7.61. The molecule has 8 heteroatoms. The molecule has 2 heterocycles. The van der Waals surface area contributed by atoms with Gasteiger partial charge in [0, 0.05) is 12.1 Å². The number of alkyl halides is 3. The Kier molecular flexibility index (Phi) is 4.38. The molecular formula is C17H16F3N3O2. The average Bonchev–Trinajstić information content (AvgIpc) is 2.89. The molecule has 0 amide bonds. The molecule has 0 spiro atoms.